The number of aliphatic hydroxyl groups is 1. The Morgan fingerprint density at radius 2 is 1.77 bits per heavy atom. The van der Waals surface area contributed by atoms with Crippen LogP contribution >= 0.6 is 21.9 Å². The normalized spacial score (nSPS) is 16.1. The summed E-state index contributed by atoms with van der Waals surface area (Å²) in [6, 6.07) is 13.7. The quantitative estimate of drug-likeness (QED) is 0.0782. The van der Waals surface area contributed by atoms with Crippen molar-refractivity contribution in [2.24, 2.45) is 0 Å². The zero-order valence-corrected chi connectivity index (χ0v) is 29.3. The topological polar surface area (TPSA) is 161 Å². The number of rotatable bonds is 15. The summed E-state index contributed by atoms with van der Waals surface area (Å²) in [7, 11) is -1.03. The van der Waals surface area contributed by atoms with Gasteiger partial charge < -0.3 is 20.4 Å². The van der Waals surface area contributed by atoms with Gasteiger partial charge in [-0.25, -0.2) is 14.8 Å². The van der Waals surface area contributed by atoms with Gasteiger partial charge in [-0.3, -0.25) is 18.5 Å². The molecule has 1 atom stereocenters. The molecule has 1 amide bonds. The zero-order chi connectivity index (χ0) is 34.3. The van der Waals surface area contributed by atoms with Crippen LogP contribution in [-0.4, -0.2) is 70.0 Å². The standard InChI is InChI=1S/C35H47N5O6S2/c1-24(30-13-14-31(47-30)27-12-8-7-11-26(27)22-39(2)35(43)44)38-32-29-21-28(25-15-19-48(45,46)20-16-25)34(42)40(33(29)37-23-36-32)17-9-5-3-4-6-10-18-41/h7-8,11-14,21,23-25,41,45-46H,3-6,9-10,15-20,22H2,1-2H3,(H,43,44)(H,36,37,38). The van der Waals surface area contributed by atoms with Crippen LogP contribution in [0.1, 0.15) is 86.3 Å². The second kappa shape index (κ2) is 16.3. The minimum absolute atomic E-state index is 0.0704. The summed E-state index contributed by atoms with van der Waals surface area (Å²) in [6.07, 6.45) is 7.30. The van der Waals surface area contributed by atoms with Crippen LogP contribution in [0.15, 0.2) is 53.6 Å². The van der Waals surface area contributed by atoms with Crippen LogP contribution in [0.4, 0.5) is 10.6 Å². The number of amides is 1. The summed E-state index contributed by atoms with van der Waals surface area (Å²) in [5.41, 5.74) is 3.11. The molecular weight excluding hydrogens is 651 g/mol. The van der Waals surface area contributed by atoms with E-state index in [1.165, 1.54) is 11.2 Å². The van der Waals surface area contributed by atoms with Crippen molar-refractivity contribution in [3.8, 4) is 10.4 Å². The number of benzene rings is 1. The molecule has 5 N–H and O–H groups in total. The molecule has 1 unspecified atom stereocenters. The number of hydrogen-bond donors (Lipinski definition) is 5. The van der Waals surface area contributed by atoms with E-state index in [1.807, 2.05) is 30.3 Å². The third-order valence-electron chi connectivity index (χ3n) is 9.15. The SMILES string of the molecule is CC(Nc1ncnc2c1cc(C1CCS(O)(O)CC1)c(=O)n2CCCCCCCCO)c1ccc(-c2ccccc2CN(C)C(=O)O)s1. The molecular formula is C35H47N5O6S2. The smallest absolute Gasteiger partial charge is 0.407 e. The highest BCUT2D eigenvalue weighted by Gasteiger charge is 2.28. The average Bonchev–Trinajstić information content (AvgIpc) is 3.56. The van der Waals surface area contributed by atoms with E-state index in [0.717, 1.165) is 64.8 Å². The van der Waals surface area contributed by atoms with E-state index in [-0.39, 0.29) is 30.7 Å². The maximum Gasteiger partial charge on any atom is 0.407 e. The van der Waals surface area contributed by atoms with Crippen LogP contribution in [-0.2, 0) is 13.1 Å². The van der Waals surface area contributed by atoms with Crippen LogP contribution in [0.2, 0.25) is 0 Å². The molecule has 11 nitrogen and oxygen atoms in total. The number of carboxylic acid groups (broad SMARTS) is 1. The summed E-state index contributed by atoms with van der Waals surface area (Å²) in [4.78, 5) is 38.0. The Kier molecular flexibility index (Phi) is 12.1. The van der Waals surface area contributed by atoms with Gasteiger partial charge in [0.05, 0.1) is 11.4 Å². The molecule has 3 aromatic heterocycles. The highest BCUT2D eigenvalue weighted by molar-refractivity contribution is 8.24. The van der Waals surface area contributed by atoms with Crippen molar-refractivity contribution < 1.29 is 24.1 Å². The van der Waals surface area contributed by atoms with Crippen LogP contribution in [0.25, 0.3) is 21.5 Å². The summed E-state index contributed by atoms with van der Waals surface area (Å²) in [5.74, 6) is 1.15. The van der Waals surface area contributed by atoms with Gasteiger partial charge in [-0.1, -0.05) is 49.9 Å². The molecule has 0 spiro atoms. The molecule has 0 saturated carbocycles. The number of carbonyl (C=O) groups is 1. The number of fused-ring (bicyclic) bond motifs is 1. The summed E-state index contributed by atoms with van der Waals surface area (Å²) >= 11 is 1.63. The Bertz CT molecular complexity index is 1750. The second-order valence-electron chi connectivity index (χ2n) is 12.7. The van der Waals surface area contributed by atoms with Gasteiger partial charge in [0, 0.05) is 53.6 Å². The van der Waals surface area contributed by atoms with E-state index < -0.39 is 16.7 Å². The fraction of sp³-hybridized carbons (Fsp3) is 0.486. The molecule has 1 saturated heterocycles. The van der Waals surface area contributed by atoms with E-state index in [4.69, 9.17) is 5.11 Å². The number of aryl methyl sites for hydroxylation is 1. The van der Waals surface area contributed by atoms with E-state index in [0.29, 0.717) is 47.9 Å². The van der Waals surface area contributed by atoms with Gasteiger partial charge >= 0.3 is 6.09 Å². The first-order valence-electron chi connectivity index (χ1n) is 16.7. The molecule has 260 valence electrons. The van der Waals surface area contributed by atoms with Gasteiger partial charge in [0.15, 0.2) is 0 Å². The third kappa shape index (κ3) is 8.75. The lowest BCUT2D eigenvalue weighted by Crippen LogP contribution is -2.30. The molecule has 1 fully saturated rings. The highest BCUT2D eigenvalue weighted by atomic mass is 32.3. The minimum atomic E-state index is -2.59. The average molecular weight is 698 g/mol. The monoisotopic (exact) mass is 697 g/mol. The molecule has 0 aliphatic carbocycles. The van der Waals surface area contributed by atoms with E-state index in [2.05, 4.69) is 34.3 Å². The molecule has 4 aromatic rings. The first-order valence-corrected chi connectivity index (χ1v) is 19.4. The number of hydrogen-bond acceptors (Lipinski definition) is 9. The van der Waals surface area contributed by atoms with Crippen molar-refractivity contribution in [1.29, 1.82) is 0 Å². The van der Waals surface area contributed by atoms with Crippen molar-refractivity contribution in [1.82, 2.24) is 19.4 Å². The lowest BCUT2D eigenvalue weighted by atomic mass is 9.93. The number of aromatic nitrogens is 3. The van der Waals surface area contributed by atoms with Crippen LogP contribution in [0, 0.1) is 0 Å². The lowest BCUT2D eigenvalue weighted by Gasteiger charge is -2.39. The first kappa shape index (κ1) is 35.8. The zero-order valence-electron chi connectivity index (χ0n) is 27.7. The number of thiophene rings is 1. The largest absolute Gasteiger partial charge is 0.465 e. The minimum Gasteiger partial charge on any atom is -0.465 e. The van der Waals surface area contributed by atoms with Crippen molar-refractivity contribution in [3.05, 3.63) is 75.1 Å². The molecule has 1 aliphatic heterocycles. The number of aliphatic hydroxyl groups excluding tert-OH is 1. The molecule has 0 radical (unpaired) electrons. The Morgan fingerprint density at radius 3 is 2.50 bits per heavy atom. The molecule has 1 aromatic carbocycles. The first-order chi connectivity index (χ1) is 23.1. The number of pyridine rings is 1. The van der Waals surface area contributed by atoms with E-state index >= 15 is 0 Å². The third-order valence-corrected chi connectivity index (χ3v) is 12.2. The molecule has 5 rings (SSSR count). The van der Waals surface area contributed by atoms with Gasteiger partial charge in [-0.2, -0.15) is 10.6 Å². The molecule has 4 heterocycles. The van der Waals surface area contributed by atoms with Crippen LogP contribution in [0.5, 0.6) is 0 Å². The lowest BCUT2D eigenvalue weighted by molar-refractivity contribution is 0.154. The maximum atomic E-state index is 14.0. The number of unbranched alkanes of at least 4 members (excludes halogenated alkanes) is 5. The molecule has 13 heteroatoms. The highest BCUT2D eigenvalue weighted by Crippen LogP contribution is 2.48. The Morgan fingerprint density at radius 1 is 1.06 bits per heavy atom. The van der Waals surface area contributed by atoms with Gasteiger partial charge in [-0.05, 0) is 67.9 Å². The number of nitrogens with zero attached hydrogens (tertiary/aromatic N) is 4. The van der Waals surface area contributed by atoms with Gasteiger partial charge in [-0.15, -0.1) is 11.3 Å². The maximum absolute atomic E-state index is 14.0. The summed E-state index contributed by atoms with van der Waals surface area (Å²) in [5, 5.41) is 22.8. The Labute approximate surface area is 287 Å². The van der Waals surface area contributed by atoms with Gasteiger partial charge in [0.1, 0.15) is 17.8 Å². The predicted octanol–water partition coefficient (Wildman–Crippen LogP) is 7.76. The predicted molar refractivity (Wildman–Crippen MR) is 194 cm³/mol. The van der Waals surface area contributed by atoms with E-state index in [1.54, 1.807) is 23.0 Å². The number of nitrogens with one attached hydrogen (secondary N) is 1. The van der Waals surface area contributed by atoms with Crippen LogP contribution in [0.3, 0.4) is 0 Å². The summed E-state index contributed by atoms with van der Waals surface area (Å²) in [6.45, 7) is 3.09. The van der Waals surface area contributed by atoms with Gasteiger partial charge in [0.2, 0.25) is 0 Å². The van der Waals surface area contributed by atoms with Crippen molar-refractivity contribution in [3.63, 3.8) is 0 Å². The molecule has 48 heavy (non-hydrogen) atoms. The fourth-order valence-electron chi connectivity index (χ4n) is 6.35. The van der Waals surface area contributed by atoms with Crippen molar-refractivity contribution in [2.75, 3.05) is 30.5 Å². The summed E-state index contributed by atoms with van der Waals surface area (Å²) < 4.78 is 22.3. The van der Waals surface area contributed by atoms with Crippen molar-refractivity contribution in [2.45, 2.75) is 83.3 Å². The fourth-order valence-corrected chi connectivity index (χ4v) is 8.95. The van der Waals surface area contributed by atoms with E-state index in [9.17, 15) is 23.8 Å². The molecule has 1 aliphatic rings. The number of anilines is 1. The Balaban J connectivity index is 1.42. The Hall–Kier alpha value is -3.49. The van der Waals surface area contributed by atoms with Crippen LogP contribution < -0.4 is 10.9 Å². The molecule has 0 bridgehead atoms. The second-order valence-corrected chi connectivity index (χ2v) is 16.2. The van der Waals surface area contributed by atoms with Crippen molar-refractivity contribution >= 4 is 44.9 Å². The van der Waals surface area contributed by atoms with Gasteiger partial charge in [0.25, 0.3) is 5.56 Å².